The number of anilines is 1. The molecule has 0 saturated carbocycles. The zero-order valence-electron chi connectivity index (χ0n) is 13.7. The van der Waals surface area contributed by atoms with Crippen molar-refractivity contribution in [3.8, 4) is 11.5 Å². The minimum absolute atomic E-state index is 0.0571. The molecular weight excluding hydrogens is 320 g/mol. The second kappa shape index (κ2) is 5.61. The van der Waals surface area contributed by atoms with Crippen LogP contribution in [0.4, 0.5) is 5.95 Å². The van der Waals surface area contributed by atoms with Crippen molar-refractivity contribution in [2.45, 2.75) is 24.9 Å². The summed E-state index contributed by atoms with van der Waals surface area (Å²) < 4.78 is 10.7. The van der Waals surface area contributed by atoms with Crippen LogP contribution in [0.25, 0.3) is 0 Å². The van der Waals surface area contributed by atoms with Crippen LogP contribution in [0, 0.1) is 0 Å². The van der Waals surface area contributed by atoms with Gasteiger partial charge in [0.1, 0.15) is 0 Å². The van der Waals surface area contributed by atoms with Crippen molar-refractivity contribution >= 4 is 11.9 Å². The van der Waals surface area contributed by atoms with Gasteiger partial charge in [0.15, 0.2) is 11.5 Å². The van der Waals surface area contributed by atoms with E-state index < -0.39 is 0 Å². The van der Waals surface area contributed by atoms with E-state index in [4.69, 9.17) is 9.47 Å². The van der Waals surface area contributed by atoms with Crippen LogP contribution in [0.15, 0.2) is 36.7 Å². The average molecular weight is 338 g/mol. The van der Waals surface area contributed by atoms with Gasteiger partial charge in [0.25, 0.3) is 5.91 Å². The number of nitrogens with zero attached hydrogens (tertiary/aromatic N) is 4. The van der Waals surface area contributed by atoms with E-state index in [9.17, 15) is 4.79 Å². The van der Waals surface area contributed by atoms with E-state index in [1.54, 1.807) is 18.5 Å². The van der Waals surface area contributed by atoms with Crippen molar-refractivity contribution in [3.63, 3.8) is 0 Å². The van der Waals surface area contributed by atoms with Crippen LogP contribution in [-0.4, -0.2) is 52.7 Å². The zero-order chi connectivity index (χ0) is 16.8. The monoisotopic (exact) mass is 338 g/mol. The molecule has 0 bridgehead atoms. The van der Waals surface area contributed by atoms with E-state index in [-0.39, 0.29) is 18.7 Å². The molecule has 25 heavy (non-hydrogen) atoms. The quantitative estimate of drug-likeness (QED) is 0.830. The third-order valence-electron chi connectivity index (χ3n) is 5.27. The lowest BCUT2D eigenvalue weighted by Gasteiger charge is -2.25. The number of hydrogen-bond acceptors (Lipinski definition) is 6. The summed E-state index contributed by atoms with van der Waals surface area (Å²) in [6.07, 6.45) is 5.42. The number of amides is 1. The molecule has 2 atom stereocenters. The molecular formula is C18H18N4O3. The normalized spacial score (nSPS) is 23.8. The van der Waals surface area contributed by atoms with Gasteiger partial charge in [-0.15, -0.1) is 0 Å². The fourth-order valence-corrected chi connectivity index (χ4v) is 4.12. The molecule has 5 rings (SSSR count). The molecule has 128 valence electrons. The first-order valence-electron chi connectivity index (χ1n) is 8.55. The highest BCUT2D eigenvalue weighted by Crippen LogP contribution is 2.36. The highest BCUT2D eigenvalue weighted by atomic mass is 16.7. The Morgan fingerprint density at radius 1 is 1.04 bits per heavy atom. The van der Waals surface area contributed by atoms with Crippen molar-refractivity contribution in [1.29, 1.82) is 0 Å². The summed E-state index contributed by atoms with van der Waals surface area (Å²) >= 11 is 0. The third-order valence-corrected chi connectivity index (χ3v) is 5.27. The molecule has 4 heterocycles. The van der Waals surface area contributed by atoms with Crippen LogP contribution < -0.4 is 14.4 Å². The Labute approximate surface area is 145 Å². The van der Waals surface area contributed by atoms with Crippen molar-refractivity contribution in [3.05, 3.63) is 42.2 Å². The topological polar surface area (TPSA) is 67.8 Å². The number of rotatable bonds is 2. The molecule has 0 unspecified atom stereocenters. The van der Waals surface area contributed by atoms with Gasteiger partial charge in [-0.1, -0.05) is 0 Å². The zero-order valence-corrected chi connectivity index (χ0v) is 13.7. The van der Waals surface area contributed by atoms with Crippen molar-refractivity contribution < 1.29 is 14.3 Å². The second-order valence-electron chi connectivity index (χ2n) is 6.52. The molecule has 0 N–H and O–H groups in total. The predicted octanol–water partition coefficient (Wildman–Crippen LogP) is 1.70. The van der Waals surface area contributed by atoms with Gasteiger partial charge in [-0.3, -0.25) is 4.79 Å². The first-order chi connectivity index (χ1) is 12.3. The smallest absolute Gasteiger partial charge is 0.254 e. The minimum Gasteiger partial charge on any atom is -0.454 e. The molecule has 0 aliphatic carbocycles. The lowest BCUT2D eigenvalue weighted by atomic mass is 10.1. The molecule has 7 nitrogen and oxygen atoms in total. The van der Waals surface area contributed by atoms with E-state index in [1.165, 1.54) is 0 Å². The number of benzene rings is 1. The van der Waals surface area contributed by atoms with Crippen LogP contribution in [0.2, 0.25) is 0 Å². The summed E-state index contributed by atoms with van der Waals surface area (Å²) in [6.45, 7) is 1.85. The Balaban J connectivity index is 1.37. The van der Waals surface area contributed by atoms with E-state index in [2.05, 4.69) is 14.9 Å². The van der Waals surface area contributed by atoms with Gasteiger partial charge < -0.3 is 19.3 Å². The summed E-state index contributed by atoms with van der Waals surface area (Å²) in [7, 11) is 0. The van der Waals surface area contributed by atoms with Gasteiger partial charge in [0.05, 0.1) is 12.1 Å². The van der Waals surface area contributed by atoms with Crippen LogP contribution in [0.5, 0.6) is 11.5 Å². The number of ether oxygens (including phenoxy) is 2. The lowest BCUT2D eigenvalue weighted by molar-refractivity contribution is 0.0737. The molecule has 1 amide bonds. The van der Waals surface area contributed by atoms with Crippen LogP contribution >= 0.6 is 0 Å². The third kappa shape index (κ3) is 2.30. The largest absolute Gasteiger partial charge is 0.454 e. The molecule has 7 heteroatoms. The SMILES string of the molecule is O=C(c1ccc2c(c1)OCO2)N1CC[C@H]2[C@H]1CCN2c1ncccn1. The first-order valence-corrected chi connectivity index (χ1v) is 8.55. The van der Waals surface area contributed by atoms with Crippen molar-refractivity contribution in [1.82, 2.24) is 14.9 Å². The first kappa shape index (κ1) is 14.5. The van der Waals surface area contributed by atoms with Crippen LogP contribution in [0.1, 0.15) is 23.2 Å². The maximum atomic E-state index is 13.0. The van der Waals surface area contributed by atoms with Crippen molar-refractivity contribution in [2.75, 3.05) is 24.8 Å². The molecule has 3 aliphatic heterocycles. The fourth-order valence-electron chi connectivity index (χ4n) is 4.12. The van der Waals surface area contributed by atoms with Gasteiger partial charge >= 0.3 is 0 Å². The van der Waals surface area contributed by atoms with Crippen LogP contribution in [0.3, 0.4) is 0 Å². The number of fused-ring (bicyclic) bond motifs is 2. The number of carbonyl (C=O) groups is 1. The fraction of sp³-hybridized carbons (Fsp3) is 0.389. The molecule has 3 aliphatic rings. The molecule has 2 fully saturated rings. The van der Waals surface area contributed by atoms with Gasteiger partial charge in [0.2, 0.25) is 12.7 Å². The Morgan fingerprint density at radius 3 is 2.72 bits per heavy atom. The Morgan fingerprint density at radius 2 is 1.84 bits per heavy atom. The molecule has 1 aromatic carbocycles. The molecule has 1 aromatic heterocycles. The van der Waals surface area contributed by atoms with E-state index >= 15 is 0 Å². The Kier molecular flexibility index (Phi) is 3.26. The number of carbonyl (C=O) groups excluding carboxylic acids is 1. The molecule has 0 spiro atoms. The van der Waals surface area contributed by atoms with Gasteiger partial charge in [-0.25, -0.2) is 9.97 Å². The van der Waals surface area contributed by atoms with E-state index in [0.717, 1.165) is 31.9 Å². The predicted molar refractivity (Wildman–Crippen MR) is 89.8 cm³/mol. The van der Waals surface area contributed by atoms with E-state index in [0.29, 0.717) is 23.1 Å². The summed E-state index contributed by atoms with van der Waals surface area (Å²) in [5.41, 5.74) is 0.652. The molecule has 2 aromatic rings. The molecule has 0 radical (unpaired) electrons. The van der Waals surface area contributed by atoms with Gasteiger partial charge in [-0.2, -0.15) is 0 Å². The summed E-state index contributed by atoms with van der Waals surface area (Å²) in [4.78, 5) is 26.0. The number of hydrogen-bond donors (Lipinski definition) is 0. The van der Waals surface area contributed by atoms with Gasteiger partial charge in [-0.05, 0) is 37.1 Å². The Hall–Kier alpha value is -2.83. The summed E-state index contributed by atoms with van der Waals surface area (Å²) in [5.74, 6) is 2.16. The van der Waals surface area contributed by atoms with E-state index in [1.807, 2.05) is 23.1 Å². The maximum Gasteiger partial charge on any atom is 0.254 e. The Bertz CT molecular complexity index is 813. The second-order valence-corrected chi connectivity index (χ2v) is 6.52. The summed E-state index contributed by atoms with van der Waals surface area (Å²) in [5, 5.41) is 0. The van der Waals surface area contributed by atoms with Crippen molar-refractivity contribution in [2.24, 2.45) is 0 Å². The number of aromatic nitrogens is 2. The van der Waals surface area contributed by atoms with Crippen LogP contribution in [-0.2, 0) is 0 Å². The highest BCUT2D eigenvalue weighted by Gasteiger charge is 2.45. The minimum atomic E-state index is 0.0571. The number of likely N-dealkylation sites (tertiary alicyclic amines) is 1. The lowest BCUT2D eigenvalue weighted by Crippen LogP contribution is -2.40. The highest BCUT2D eigenvalue weighted by molar-refractivity contribution is 5.95. The maximum absolute atomic E-state index is 13.0. The summed E-state index contributed by atoms with van der Waals surface area (Å²) in [6, 6.07) is 7.73. The van der Waals surface area contributed by atoms with Gasteiger partial charge in [0, 0.05) is 31.0 Å². The standard InChI is InChI=1S/C18H18N4O3/c23-17(12-2-3-15-16(10-12)25-11-24-15)21-8-4-14-13(21)5-9-22(14)18-19-6-1-7-20-18/h1-3,6-7,10,13-14H,4-5,8-9,11H2/t13-,14+/m1/s1. The average Bonchev–Trinajstić information content (AvgIpc) is 3.37. The molecule has 2 saturated heterocycles.